The lowest BCUT2D eigenvalue weighted by Crippen LogP contribution is -1.83. The molecule has 0 atom stereocenters. The van der Waals surface area contributed by atoms with Crippen LogP contribution < -0.4 is 9.47 Å². The van der Waals surface area contributed by atoms with Gasteiger partial charge >= 0.3 is 0 Å². The maximum absolute atomic E-state index is 5.98. The number of methoxy groups -OCH3 is 2. The van der Waals surface area contributed by atoms with Crippen molar-refractivity contribution in [1.29, 1.82) is 0 Å². The van der Waals surface area contributed by atoms with Gasteiger partial charge in [0.1, 0.15) is 34.5 Å². The maximum Gasteiger partial charge on any atom is 0.134 e. The molecule has 136 valence electrons. The van der Waals surface area contributed by atoms with Gasteiger partial charge in [0.05, 0.1) is 20.6 Å². The summed E-state index contributed by atoms with van der Waals surface area (Å²) in [7, 11) is 3.31. The van der Waals surface area contributed by atoms with Gasteiger partial charge < -0.3 is 18.3 Å². The van der Waals surface area contributed by atoms with Crippen molar-refractivity contribution in [2.24, 2.45) is 0 Å². The van der Waals surface area contributed by atoms with Gasteiger partial charge in [0.25, 0.3) is 0 Å². The Morgan fingerprint density at radius 3 is 1.33 bits per heavy atom. The molecule has 2 aromatic carbocycles. The molecule has 4 nitrogen and oxygen atoms in total. The van der Waals surface area contributed by atoms with Gasteiger partial charge in [0.15, 0.2) is 0 Å². The number of benzene rings is 2. The molecule has 4 heteroatoms. The van der Waals surface area contributed by atoms with E-state index in [9.17, 15) is 0 Å². The first kappa shape index (κ1) is 17.0. The fourth-order valence-corrected chi connectivity index (χ4v) is 2.94. The Morgan fingerprint density at radius 1 is 0.556 bits per heavy atom. The molecule has 0 fully saturated rings. The van der Waals surface area contributed by atoms with E-state index >= 15 is 0 Å². The molecule has 0 aliphatic heterocycles. The predicted octanol–water partition coefficient (Wildman–Crippen LogP) is 5.81. The largest absolute Gasteiger partial charge is 0.497 e. The van der Waals surface area contributed by atoms with Crippen molar-refractivity contribution in [3.8, 4) is 34.1 Å². The average molecular weight is 360 g/mol. The summed E-state index contributed by atoms with van der Waals surface area (Å²) in [5.74, 6) is 5.02. The number of furan rings is 2. The Labute approximate surface area is 158 Å². The monoisotopic (exact) mass is 360 g/mol. The summed E-state index contributed by atoms with van der Waals surface area (Å²) in [6.45, 7) is 0. The molecule has 0 spiro atoms. The number of ether oxygens (including phenoxy) is 2. The summed E-state index contributed by atoms with van der Waals surface area (Å²) >= 11 is 0. The quantitative estimate of drug-likeness (QED) is 0.435. The van der Waals surface area contributed by atoms with Crippen LogP contribution in [0, 0.1) is 0 Å². The highest BCUT2D eigenvalue weighted by Crippen LogP contribution is 2.28. The van der Waals surface area contributed by atoms with Gasteiger partial charge in [-0.25, -0.2) is 0 Å². The van der Waals surface area contributed by atoms with Gasteiger partial charge in [-0.15, -0.1) is 0 Å². The number of rotatable bonds is 6. The number of hydrogen-bond donors (Lipinski definition) is 0. The minimum absolute atomic E-state index is 0.603. The molecule has 0 saturated carbocycles. The van der Waals surface area contributed by atoms with Crippen LogP contribution in [0.4, 0.5) is 0 Å². The molecule has 0 unspecified atom stereocenters. The molecule has 0 amide bonds. The fraction of sp³-hybridized carbons (Fsp3) is 0.130. The van der Waals surface area contributed by atoms with Crippen LogP contribution in [-0.2, 0) is 6.42 Å². The van der Waals surface area contributed by atoms with E-state index in [2.05, 4.69) is 0 Å². The molecule has 2 heterocycles. The van der Waals surface area contributed by atoms with Crippen molar-refractivity contribution in [2.45, 2.75) is 6.42 Å². The Morgan fingerprint density at radius 2 is 0.963 bits per heavy atom. The van der Waals surface area contributed by atoms with Crippen LogP contribution in [-0.4, -0.2) is 14.2 Å². The van der Waals surface area contributed by atoms with Crippen LogP contribution in [0.1, 0.15) is 11.5 Å². The second-order valence-electron chi connectivity index (χ2n) is 6.17. The lowest BCUT2D eigenvalue weighted by Gasteiger charge is -2.01. The minimum atomic E-state index is 0.603. The SMILES string of the molecule is COc1ccc(-c2ccc(Cc3ccc(-c4ccc(OC)cc4)o3)o2)cc1. The number of hydrogen-bond acceptors (Lipinski definition) is 4. The molecule has 0 aliphatic carbocycles. The third kappa shape index (κ3) is 3.75. The molecule has 4 aromatic rings. The third-order valence-corrected chi connectivity index (χ3v) is 4.42. The zero-order valence-electron chi connectivity index (χ0n) is 15.3. The van der Waals surface area contributed by atoms with E-state index in [0.717, 1.165) is 45.7 Å². The molecular formula is C23H20O4. The van der Waals surface area contributed by atoms with Crippen LogP contribution in [0.3, 0.4) is 0 Å². The molecule has 0 aliphatic rings. The lowest BCUT2D eigenvalue weighted by atomic mass is 10.2. The summed E-state index contributed by atoms with van der Waals surface area (Å²) < 4.78 is 22.3. The first-order valence-electron chi connectivity index (χ1n) is 8.71. The van der Waals surface area contributed by atoms with E-state index in [1.807, 2.05) is 72.8 Å². The smallest absolute Gasteiger partial charge is 0.134 e. The predicted molar refractivity (Wildman–Crippen MR) is 104 cm³/mol. The second kappa shape index (κ2) is 7.46. The van der Waals surface area contributed by atoms with Gasteiger partial charge in [-0.2, -0.15) is 0 Å². The second-order valence-corrected chi connectivity index (χ2v) is 6.17. The minimum Gasteiger partial charge on any atom is -0.497 e. The highest BCUT2D eigenvalue weighted by molar-refractivity contribution is 5.60. The Kier molecular flexibility index (Phi) is 4.71. The van der Waals surface area contributed by atoms with Gasteiger partial charge in [-0.3, -0.25) is 0 Å². The third-order valence-electron chi connectivity index (χ3n) is 4.42. The Hall–Kier alpha value is -3.40. The summed E-state index contributed by atoms with van der Waals surface area (Å²) in [5, 5.41) is 0. The summed E-state index contributed by atoms with van der Waals surface area (Å²) in [4.78, 5) is 0. The molecule has 0 N–H and O–H groups in total. The van der Waals surface area contributed by atoms with Crippen molar-refractivity contribution in [2.75, 3.05) is 14.2 Å². The maximum atomic E-state index is 5.98. The summed E-state index contributed by atoms with van der Waals surface area (Å²) in [6.07, 6.45) is 0.603. The van der Waals surface area contributed by atoms with E-state index in [1.54, 1.807) is 14.2 Å². The Balaban J connectivity index is 1.48. The lowest BCUT2D eigenvalue weighted by molar-refractivity contribution is 0.414. The first-order valence-corrected chi connectivity index (χ1v) is 8.71. The van der Waals surface area contributed by atoms with Gasteiger partial charge in [0.2, 0.25) is 0 Å². The van der Waals surface area contributed by atoms with Crippen LogP contribution >= 0.6 is 0 Å². The standard InChI is InChI=1S/C23H20O4/c1-24-18-7-3-16(4-8-18)22-13-11-20(26-22)15-21-12-14-23(27-21)17-5-9-19(25-2)10-6-17/h3-14H,15H2,1-2H3. The first-order chi connectivity index (χ1) is 13.2. The highest BCUT2D eigenvalue weighted by atomic mass is 16.5. The van der Waals surface area contributed by atoms with E-state index in [4.69, 9.17) is 18.3 Å². The summed E-state index contributed by atoms with van der Waals surface area (Å²) in [5.41, 5.74) is 2.03. The van der Waals surface area contributed by atoms with Crippen LogP contribution in [0.15, 0.2) is 81.6 Å². The van der Waals surface area contributed by atoms with Crippen LogP contribution in [0.25, 0.3) is 22.6 Å². The zero-order chi connectivity index (χ0) is 18.6. The molecule has 0 saturated heterocycles. The zero-order valence-corrected chi connectivity index (χ0v) is 15.3. The molecule has 2 aromatic heterocycles. The molecule has 27 heavy (non-hydrogen) atoms. The normalized spacial score (nSPS) is 10.7. The van der Waals surface area contributed by atoms with E-state index < -0.39 is 0 Å². The summed E-state index contributed by atoms with van der Waals surface area (Å²) in [6, 6.07) is 23.5. The van der Waals surface area contributed by atoms with Crippen LogP contribution in [0.5, 0.6) is 11.5 Å². The van der Waals surface area contributed by atoms with Gasteiger partial charge in [0, 0.05) is 11.1 Å². The van der Waals surface area contributed by atoms with E-state index in [1.165, 1.54) is 0 Å². The molecule has 0 bridgehead atoms. The van der Waals surface area contributed by atoms with Crippen molar-refractivity contribution < 1.29 is 18.3 Å². The van der Waals surface area contributed by atoms with Crippen LogP contribution in [0.2, 0.25) is 0 Å². The molecule has 0 radical (unpaired) electrons. The fourth-order valence-electron chi connectivity index (χ4n) is 2.94. The van der Waals surface area contributed by atoms with Crippen molar-refractivity contribution in [1.82, 2.24) is 0 Å². The van der Waals surface area contributed by atoms with Crippen molar-refractivity contribution in [3.63, 3.8) is 0 Å². The topological polar surface area (TPSA) is 44.7 Å². The highest BCUT2D eigenvalue weighted by Gasteiger charge is 2.10. The van der Waals surface area contributed by atoms with Crippen molar-refractivity contribution >= 4 is 0 Å². The van der Waals surface area contributed by atoms with Crippen molar-refractivity contribution in [3.05, 3.63) is 84.3 Å². The molecule has 4 rings (SSSR count). The average Bonchev–Trinajstić information content (AvgIpc) is 3.38. The Bertz CT molecular complexity index is 923. The van der Waals surface area contributed by atoms with E-state index in [0.29, 0.717) is 6.42 Å². The van der Waals surface area contributed by atoms with E-state index in [-0.39, 0.29) is 0 Å². The molecular weight excluding hydrogens is 340 g/mol. The van der Waals surface area contributed by atoms with Gasteiger partial charge in [-0.05, 0) is 72.8 Å². The van der Waals surface area contributed by atoms with Gasteiger partial charge in [-0.1, -0.05) is 0 Å².